The fourth-order valence-electron chi connectivity index (χ4n) is 1.64. The van der Waals surface area contributed by atoms with Crippen molar-refractivity contribution in [2.24, 2.45) is 0 Å². The van der Waals surface area contributed by atoms with E-state index < -0.39 is 10.0 Å². The summed E-state index contributed by atoms with van der Waals surface area (Å²) in [5.41, 5.74) is 0.765. The van der Waals surface area contributed by atoms with Crippen LogP contribution in [0.25, 0.3) is 0 Å². The number of hydrogen-bond donors (Lipinski definition) is 1. The molecule has 0 unspecified atom stereocenters. The summed E-state index contributed by atoms with van der Waals surface area (Å²) >= 11 is 3.20. The Balaban J connectivity index is 2.17. The van der Waals surface area contributed by atoms with Gasteiger partial charge in [-0.2, -0.15) is 0 Å². The van der Waals surface area contributed by atoms with Crippen LogP contribution in [0.1, 0.15) is 5.56 Å². The monoisotopic (exact) mass is 356 g/mol. The predicted octanol–water partition coefficient (Wildman–Crippen LogP) is 2.33. The Morgan fingerprint density at radius 3 is 2.75 bits per heavy atom. The molecule has 0 aliphatic rings. The number of hydrogen-bond acceptors (Lipinski definition) is 4. The number of ether oxygens (including phenoxy) is 1. The Morgan fingerprint density at radius 2 is 2.05 bits per heavy atom. The van der Waals surface area contributed by atoms with Gasteiger partial charge in [-0.15, -0.1) is 0 Å². The van der Waals surface area contributed by atoms with Crippen molar-refractivity contribution in [3.8, 4) is 5.75 Å². The minimum absolute atomic E-state index is 0.113. The Labute approximate surface area is 126 Å². The Morgan fingerprint density at radius 1 is 1.30 bits per heavy atom. The summed E-state index contributed by atoms with van der Waals surface area (Å²) in [6, 6.07) is 8.74. The molecule has 0 saturated heterocycles. The standard InChI is InChI=1S/C13H13BrN2O3S/c1-19-13-5-3-2-4-10(13)7-16-20(17,18)12-6-11(14)8-15-9-12/h2-6,8-9,16H,7H2,1H3. The molecule has 0 saturated carbocycles. The molecule has 1 aromatic carbocycles. The molecule has 0 atom stereocenters. The van der Waals surface area contributed by atoms with Crippen molar-refractivity contribution in [1.29, 1.82) is 0 Å². The van der Waals surface area contributed by atoms with Crippen molar-refractivity contribution in [2.45, 2.75) is 11.4 Å². The van der Waals surface area contributed by atoms with Crippen LogP contribution in [0.15, 0.2) is 52.1 Å². The molecule has 2 rings (SSSR count). The number of para-hydroxylation sites is 1. The summed E-state index contributed by atoms with van der Waals surface area (Å²) < 4.78 is 32.6. The zero-order valence-electron chi connectivity index (χ0n) is 10.7. The van der Waals surface area contributed by atoms with Crippen LogP contribution in [0.5, 0.6) is 5.75 Å². The van der Waals surface area contributed by atoms with Gasteiger partial charge in [0.15, 0.2) is 0 Å². The molecule has 0 amide bonds. The second-order valence-corrected chi connectivity index (χ2v) is 6.66. The number of sulfonamides is 1. The minimum Gasteiger partial charge on any atom is -0.496 e. The lowest BCUT2D eigenvalue weighted by Crippen LogP contribution is -2.23. The first-order valence-electron chi connectivity index (χ1n) is 5.75. The van der Waals surface area contributed by atoms with E-state index >= 15 is 0 Å². The van der Waals surface area contributed by atoms with Crippen molar-refractivity contribution in [3.63, 3.8) is 0 Å². The highest BCUT2D eigenvalue weighted by atomic mass is 79.9. The summed E-state index contributed by atoms with van der Waals surface area (Å²) in [6.45, 7) is 0.152. The van der Waals surface area contributed by atoms with Gasteiger partial charge in [-0.3, -0.25) is 4.98 Å². The van der Waals surface area contributed by atoms with Crippen molar-refractivity contribution in [3.05, 3.63) is 52.8 Å². The molecule has 20 heavy (non-hydrogen) atoms. The van der Waals surface area contributed by atoms with Crippen LogP contribution in [0.2, 0.25) is 0 Å². The number of benzene rings is 1. The third-order valence-electron chi connectivity index (χ3n) is 2.64. The lowest BCUT2D eigenvalue weighted by atomic mass is 10.2. The van der Waals surface area contributed by atoms with E-state index in [9.17, 15) is 8.42 Å². The fraction of sp³-hybridized carbons (Fsp3) is 0.154. The Kier molecular flexibility index (Phi) is 4.74. The van der Waals surface area contributed by atoms with E-state index in [1.807, 2.05) is 12.1 Å². The molecule has 2 aromatic rings. The normalized spacial score (nSPS) is 11.3. The Hall–Kier alpha value is -1.44. The molecule has 0 aliphatic heterocycles. The van der Waals surface area contributed by atoms with Gasteiger partial charge >= 0.3 is 0 Å². The van der Waals surface area contributed by atoms with E-state index in [0.717, 1.165) is 5.56 Å². The van der Waals surface area contributed by atoms with Crippen molar-refractivity contribution in [1.82, 2.24) is 9.71 Å². The minimum atomic E-state index is -3.60. The predicted molar refractivity (Wildman–Crippen MR) is 79.0 cm³/mol. The molecular formula is C13H13BrN2O3S. The van der Waals surface area contributed by atoms with Gasteiger partial charge in [-0.05, 0) is 28.1 Å². The summed E-state index contributed by atoms with van der Waals surface area (Å²) in [5, 5.41) is 0. The zero-order valence-corrected chi connectivity index (χ0v) is 13.1. The van der Waals surface area contributed by atoms with Crippen LogP contribution in [0.4, 0.5) is 0 Å². The lowest BCUT2D eigenvalue weighted by molar-refractivity contribution is 0.409. The fourth-order valence-corrected chi connectivity index (χ4v) is 3.15. The summed E-state index contributed by atoms with van der Waals surface area (Å²) in [4.78, 5) is 3.96. The van der Waals surface area contributed by atoms with E-state index in [0.29, 0.717) is 10.2 Å². The van der Waals surface area contributed by atoms with Gasteiger partial charge in [0.2, 0.25) is 10.0 Å². The van der Waals surface area contributed by atoms with Gasteiger partial charge in [0.25, 0.3) is 0 Å². The highest BCUT2D eigenvalue weighted by molar-refractivity contribution is 9.10. The maximum Gasteiger partial charge on any atom is 0.242 e. The SMILES string of the molecule is COc1ccccc1CNS(=O)(=O)c1cncc(Br)c1. The van der Waals surface area contributed by atoms with Gasteiger partial charge in [0.1, 0.15) is 10.6 Å². The summed E-state index contributed by atoms with van der Waals surface area (Å²) in [7, 11) is -2.06. The summed E-state index contributed by atoms with van der Waals surface area (Å²) in [5.74, 6) is 0.641. The maximum absolute atomic E-state index is 12.1. The molecule has 1 N–H and O–H groups in total. The van der Waals surface area contributed by atoms with E-state index in [1.165, 1.54) is 18.5 Å². The van der Waals surface area contributed by atoms with Crippen molar-refractivity contribution < 1.29 is 13.2 Å². The molecular weight excluding hydrogens is 344 g/mol. The van der Waals surface area contributed by atoms with Crippen molar-refractivity contribution >= 4 is 26.0 Å². The zero-order chi connectivity index (χ0) is 14.6. The molecule has 0 fully saturated rings. The van der Waals surface area contributed by atoms with E-state index in [-0.39, 0.29) is 11.4 Å². The van der Waals surface area contributed by atoms with Crippen LogP contribution in [0.3, 0.4) is 0 Å². The topological polar surface area (TPSA) is 68.3 Å². The summed E-state index contributed by atoms with van der Waals surface area (Å²) in [6.07, 6.45) is 2.83. The number of rotatable bonds is 5. The highest BCUT2D eigenvalue weighted by Crippen LogP contribution is 2.18. The molecule has 0 spiro atoms. The van der Waals surface area contributed by atoms with Gasteiger partial charge in [0, 0.05) is 29.0 Å². The van der Waals surface area contributed by atoms with Gasteiger partial charge in [-0.1, -0.05) is 18.2 Å². The van der Waals surface area contributed by atoms with Gasteiger partial charge in [0.05, 0.1) is 7.11 Å². The van der Waals surface area contributed by atoms with E-state index in [4.69, 9.17) is 4.74 Å². The average Bonchev–Trinajstić information content (AvgIpc) is 2.45. The van der Waals surface area contributed by atoms with Crippen LogP contribution >= 0.6 is 15.9 Å². The molecule has 1 heterocycles. The van der Waals surface area contributed by atoms with Gasteiger partial charge in [-0.25, -0.2) is 13.1 Å². The number of aromatic nitrogens is 1. The first-order chi connectivity index (χ1) is 9.53. The largest absolute Gasteiger partial charge is 0.496 e. The lowest BCUT2D eigenvalue weighted by Gasteiger charge is -2.10. The van der Waals surface area contributed by atoms with Crippen LogP contribution in [-0.2, 0) is 16.6 Å². The van der Waals surface area contributed by atoms with Crippen LogP contribution in [-0.4, -0.2) is 20.5 Å². The molecule has 7 heteroatoms. The third kappa shape index (κ3) is 3.56. The highest BCUT2D eigenvalue weighted by Gasteiger charge is 2.15. The number of nitrogens with zero attached hydrogens (tertiary/aromatic N) is 1. The average molecular weight is 357 g/mol. The number of nitrogens with one attached hydrogen (secondary N) is 1. The molecule has 5 nitrogen and oxygen atoms in total. The van der Waals surface area contributed by atoms with E-state index in [2.05, 4.69) is 25.6 Å². The third-order valence-corrected chi connectivity index (χ3v) is 4.44. The molecule has 0 aliphatic carbocycles. The Bertz CT molecular complexity index is 704. The second kappa shape index (κ2) is 6.34. The number of methoxy groups -OCH3 is 1. The van der Waals surface area contributed by atoms with E-state index in [1.54, 1.807) is 19.2 Å². The first-order valence-corrected chi connectivity index (χ1v) is 8.02. The smallest absolute Gasteiger partial charge is 0.242 e. The van der Waals surface area contributed by atoms with Crippen LogP contribution in [0, 0.1) is 0 Å². The second-order valence-electron chi connectivity index (χ2n) is 3.98. The number of halogens is 1. The molecule has 106 valence electrons. The quantitative estimate of drug-likeness (QED) is 0.892. The number of pyridine rings is 1. The maximum atomic E-state index is 12.1. The molecule has 1 aromatic heterocycles. The van der Waals surface area contributed by atoms with Crippen molar-refractivity contribution in [2.75, 3.05) is 7.11 Å². The molecule has 0 bridgehead atoms. The van der Waals surface area contributed by atoms with Crippen LogP contribution < -0.4 is 9.46 Å². The molecule has 0 radical (unpaired) electrons. The first kappa shape index (κ1) is 15.0. The van der Waals surface area contributed by atoms with Gasteiger partial charge < -0.3 is 4.74 Å².